The van der Waals surface area contributed by atoms with Gasteiger partial charge in [0.05, 0.1) is 13.2 Å². The lowest BCUT2D eigenvalue weighted by Crippen LogP contribution is -2.45. The van der Waals surface area contributed by atoms with Gasteiger partial charge in [0.25, 0.3) is 0 Å². The number of hydrogen-bond acceptors (Lipinski definition) is 4. The summed E-state index contributed by atoms with van der Waals surface area (Å²) in [6.07, 6.45) is 0. The van der Waals surface area contributed by atoms with Gasteiger partial charge in [-0.2, -0.15) is 0 Å². The van der Waals surface area contributed by atoms with E-state index in [9.17, 15) is 5.11 Å². The molecule has 0 heterocycles. The molecule has 1 aromatic carbocycles. The van der Waals surface area contributed by atoms with Crippen LogP contribution in [0.25, 0.3) is 0 Å². The first-order chi connectivity index (χ1) is 12.4. The Balaban J connectivity index is 2.67. The van der Waals surface area contributed by atoms with E-state index < -0.39 is 0 Å². The van der Waals surface area contributed by atoms with Crippen molar-refractivity contribution >= 4 is 5.96 Å². The maximum absolute atomic E-state index is 9.80. The third kappa shape index (κ3) is 7.52. The van der Waals surface area contributed by atoms with Crippen LogP contribution in [-0.2, 0) is 6.54 Å². The number of ether oxygens (including phenoxy) is 1. The number of aliphatic imine (C=N–C) groups is 1. The molecular weight excluding hydrogens is 328 g/mol. The summed E-state index contributed by atoms with van der Waals surface area (Å²) in [4.78, 5) is 7.09. The molecule has 0 saturated heterocycles. The molecule has 0 saturated carbocycles. The van der Waals surface area contributed by atoms with Gasteiger partial charge in [0, 0.05) is 31.7 Å². The zero-order valence-electron chi connectivity index (χ0n) is 17.2. The number of guanidine groups is 1. The lowest BCUT2D eigenvalue weighted by atomic mass is 10.2. The van der Waals surface area contributed by atoms with Gasteiger partial charge >= 0.3 is 0 Å². The van der Waals surface area contributed by atoms with E-state index in [0.29, 0.717) is 31.0 Å². The molecule has 148 valence electrons. The summed E-state index contributed by atoms with van der Waals surface area (Å²) < 4.78 is 5.43. The quantitative estimate of drug-likeness (QED) is 0.440. The van der Waals surface area contributed by atoms with Gasteiger partial charge in [-0.1, -0.05) is 6.07 Å². The van der Waals surface area contributed by atoms with Crippen molar-refractivity contribution in [3.05, 3.63) is 23.8 Å². The number of phenolic OH excluding ortho intramolecular Hbond substituents is 1. The van der Waals surface area contributed by atoms with Crippen LogP contribution in [0, 0.1) is 0 Å². The molecule has 0 atom stereocenters. The minimum atomic E-state index is 0.159. The molecule has 0 aliphatic rings. The van der Waals surface area contributed by atoms with Crippen molar-refractivity contribution in [2.45, 2.75) is 60.2 Å². The van der Waals surface area contributed by atoms with Crippen molar-refractivity contribution in [3.63, 3.8) is 0 Å². The van der Waals surface area contributed by atoms with Crippen molar-refractivity contribution in [1.29, 1.82) is 0 Å². The average Bonchev–Trinajstić information content (AvgIpc) is 2.58. The van der Waals surface area contributed by atoms with Crippen molar-refractivity contribution < 1.29 is 9.84 Å². The second kappa shape index (κ2) is 11.6. The largest absolute Gasteiger partial charge is 0.504 e. The zero-order chi connectivity index (χ0) is 19.5. The SMILES string of the molecule is CCNC(=NCc1ccc(O)c(OCC)c1)NCCN(C(C)C)C(C)C. The Labute approximate surface area is 158 Å². The second-order valence-electron chi connectivity index (χ2n) is 6.78. The number of nitrogens with one attached hydrogen (secondary N) is 2. The van der Waals surface area contributed by atoms with Crippen molar-refractivity contribution in [3.8, 4) is 11.5 Å². The van der Waals surface area contributed by atoms with Gasteiger partial charge in [-0.25, -0.2) is 4.99 Å². The molecule has 0 amide bonds. The molecule has 0 spiro atoms. The number of hydrogen-bond donors (Lipinski definition) is 3. The molecule has 0 aliphatic carbocycles. The van der Waals surface area contributed by atoms with E-state index in [1.54, 1.807) is 6.07 Å². The fourth-order valence-electron chi connectivity index (χ4n) is 2.86. The van der Waals surface area contributed by atoms with Crippen LogP contribution in [0.15, 0.2) is 23.2 Å². The normalized spacial score (nSPS) is 12.1. The summed E-state index contributed by atoms with van der Waals surface area (Å²) in [6, 6.07) is 6.39. The molecule has 0 aliphatic heterocycles. The zero-order valence-corrected chi connectivity index (χ0v) is 17.2. The van der Waals surface area contributed by atoms with Crippen LogP contribution < -0.4 is 15.4 Å². The topological polar surface area (TPSA) is 69.1 Å². The van der Waals surface area contributed by atoms with Crippen LogP contribution in [0.5, 0.6) is 11.5 Å². The standard InChI is InChI=1S/C20H36N4O2/c1-7-21-20(22-11-12-24(15(3)4)16(5)6)23-14-17-9-10-18(25)19(13-17)26-8-2/h9-10,13,15-16,25H,7-8,11-12,14H2,1-6H3,(H2,21,22,23). The van der Waals surface area contributed by atoms with Crippen LogP contribution in [0.1, 0.15) is 47.1 Å². The fourth-order valence-corrected chi connectivity index (χ4v) is 2.86. The highest BCUT2D eigenvalue weighted by atomic mass is 16.5. The van der Waals surface area contributed by atoms with E-state index >= 15 is 0 Å². The van der Waals surface area contributed by atoms with Gasteiger partial charge in [-0.3, -0.25) is 4.90 Å². The predicted octanol–water partition coefficient (Wildman–Crippen LogP) is 2.96. The average molecular weight is 365 g/mol. The first-order valence-corrected chi connectivity index (χ1v) is 9.61. The maximum Gasteiger partial charge on any atom is 0.191 e. The summed E-state index contributed by atoms with van der Waals surface area (Å²) >= 11 is 0. The summed E-state index contributed by atoms with van der Waals surface area (Å²) in [5, 5.41) is 16.5. The molecule has 1 aromatic rings. The first kappa shape index (κ1) is 22.1. The Hall–Kier alpha value is -1.95. The highest BCUT2D eigenvalue weighted by Gasteiger charge is 2.12. The van der Waals surface area contributed by atoms with E-state index in [0.717, 1.165) is 31.2 Å². The van der Waals surface area contributed by atoms with Crippen LogP contribution in [0.2, 0.25) is 0 Å². The van der Waals surface area contributed by atoms with Gasteiger partial charge in [0.1, 0.15) is 0 Å². The van der Waals surface area contributed by atoms with E-state index in [2.05, 4.69) is 55.1 Å². The van der Waals surface area contributed by atoms with Gasteiger partial charge in [0.15, 0.2) is 17.5 Å². The van der Waals surface area contributed by atoms with E-state index in [1.165, 1.54) is 0 Å². The Bertz CT molecular complexity index is 551. The summed E-state index contributed by atoms with van der Waals surface area (Å²) in [5.74, 6) is 1.46. The van der Waals surface area contributed by atoms with E-state index in [4.69, 9.17) is 4.74 Å². The number of aromatic hydroxyl groups is 1. The monoisotopic (exact) mass is 364 g/mol. The Morgan fingerprint density at radius 3 is 2.42 bits per heavy atom. The number of benzene rings is 1. The molecule has 1 rings (SSSR count). The molecule has 0 bridgehead atoms. The highest BCUT2D eigenvalue weighted by Crippen LogP contribution is 2.27. The molecule has 0 fully saturated rings. The highest BCUT2D eigenvalue weighted by molar-refractivity contribution is 5.79. The Kier molecular flexibility index (Phi) is 9.88. The van der Waals surface area contributed by atoms with Crippen LogP contribution in [0.4, 0.5) is 0 Å². The second-order valence-corrected chi connectivity index (χ2v) is 6.78. The van der Waals surface area contributed by atoms with Crippen LogP contribution in [0.3, 0.4) is 0 Å². The first-order valence-electron chi connectivity index (χ1n) is 9.61. The molecule has 0 unspecified atom stereocenters. The molecule has 6 nitrogen and oxygen atoms in total. The van der Waals surface area contributed by atoms with Crippen molar-refractivity contribution in [1.82, 2.24) is 15.5 Å². The summed E-state index contributed by atoms with van der Waals surface area (Å²) in [6.45, 7) is 16.5. The number of rotatable bonds is 10. The van der Waals surface area contributed by atoms with Crippen molar-refractivity contribution in [2.24, 2.45) is 4.99 Å². The van der Waals surface area contributed by atoms with Crippen LogP contribution >= 0.6 is 0 Å². The maximum atomic E-state index is 9.80. The van der Waals surface area contributed by atoms with E-state index in [-0.39, 0.29) is 5.75 Å². The van der Waals surface area contributed by atoms with E-state index in [1.807, 2.05) is 19.1 Å². The Morgan fingerprint density at radius 1 is 1.15 bits per heavy atom. The fraction of sp³-hybridized carbons (Fsp3) is 0.650. The van der Waals surface area contributed by atoms with Crippen molar-refractivity contribution in [2.75, 3.05) is 26.2 Å². The Morgan fingerprint density at radius 2 is 1.85 bits per heavy atom. The third-order valence-electron chi connectivity index (χ3n) is 4.08. The minimum absolute atomic E-state index is 0.159. The molecule has 3 N–H and O–H groups in total. The lowest BCUT2D eigenvalue weighted by Gasteiger charge is -2.30. The molecule has 26 heavy (non-hydrogen) atoms. The van der Waals surface area contributed by atoms with Gasteiger partial charge in [0.2, 0.25) is 0 Å². The number of phenols is 1. The van der Waals surface area contributed by atoms with Gasteiger partial charge in [-0.15, -0.1) is 0 Å². The van der Waals surface area contributed by atoms with Crippen LogP contribution in [-0.4, -0.2) is 54.3 Å². The summed E-state index contributed by atoms with van der Waals surface area (Å²) in [7, 11) is 0. The summed E-state index contributed by atoms with van der Waals surface area (Å²) in [5.41, 5.74) is 0.995. The molecule has 6 heteroatoms. The smallest absolute Gasteiger partial charge is 0.191 e. The molecular formula is C20H36N4O2. The predicted molar refractivity (Wildman–Crippen MR) is 109 cm³/mol. The van der Waals surface area contributed by atoms with Gasteiger partial charge in [-0.05, 0) is 59.2 Å². The third-order valence-corrected chi connectivity index (χ3v) is 4.08. The number of nitrogens with zero attached hydrogens (tertiary/aromatic N) is 2. The lowest BCUT2D eigenvalue weighted by molar-refractivity contribution is 0.178. The van der Waals surface area contributed by atoms with Gasteiger partial charge < -0.3 is 20.5 Å². The molecule has 0 radical (unpaired) electrons. The minimum Gasteiger partial charge on any atom is -0.504 e. The molecule has 0 aromatic heterocycles.